The second kappa shape index (κ2) is 7.56. The van der Waals surface area contributed by atoms with Gasteiger partial charge >= 0.3 is 203 Å². The van der Waals surface area contributed by atoms with Gasteiger partial charge in [-0.05, 0) is 0 Å². The summed E-state index contributed by atoms with van der Waals surface area (Å²) >= 11 is -0.479. The van der Waals surface area contributed by atoms with Crippen LogP contribution in [0, 0.1) is 6.92 Å². The molecule has 0 atom stereocenters. The molecule has 5 aromatic rings. The fourth-order valence-electron chi connectivity index (χ4n) is 4.99. The zero-order valence-electron chi connectivity index (χ0n) is 20.1. The van der Waals surface area contributed by atoms with Crippen LogP contribution >= 0.6 is 0 Å². The molecule has 0 saturated carbocycles. The van der Waals surface area contributed by atoms with Crippen molar-refractivity contribution in [3.05, 3.63) is 71.9 Å². The summed E-state index contributed by atoms with van der Waals surface area (Å²) in [5, 5.41) is 7.16. The Morgan fingerprint density at radius 3 is 2.25 bits per heavy atom. The maximum absolute atomic E-state index is 4.98. The van der Waals surface area contributed by atoms with Crippen LogP contribution in [0.4, 0.5) is 0 Å². The Kier molecular flexibility index (Phi) is 5.17. The predicted octanol–water partition coefficient (Wildman–Crippen LogP) is 7.42. The van der Waals surface area contributed by atoms with Crippen LogP contribution in [-0.4, -0.2) is 33.5 Å². The van der Waals surface area contributed by atoms with E-state index in [1.165, 1.54) is 41.8 Å². The molecule has 0 amide bonds. The van der Waals surface area contributed by atoms with Gasteiger partial charge in [0.05, 0.1) is 0 Å². The van der Waals surface area contributed by atoms with E-state index >= 15 is 0 Å². The molecule has 0 radical (unpaired) electrons. The molecule has 3 aromatic carbocycles. The molecule has 162 valence electrons. The molecule has 0 aliphatic heterocycles. The molecule has 0 aliphatic rings. The van der Waals surface area contributed by atoms with Gasteiger partial charge in [-0.3, -0.25) is 0 Å². The number of benzene rings is 3. The SMILES string of the molecule is Cc1c([Si](C)(C)C)ccc2c1[te]c1c(-c3cc(C(C)(C)C)c4ccccc4c3)nccc12. The van der Waals surface area contributed by atoms with Crippen molar-refractivity contribution in [3.63, 3.8) is 0 Å². The first-order valence-corrected chi connectivity index (χ1v) is 17.2. The predicted molar refractivity (Wildman–Crippen MR) is 146 cm³/mol. The van der Waals surface area contributed by atoms with Crippen molar-refractivity contribution < 1.29 is 0 Å². The number of nitrogens with zero attached hydrogens (tertiary/aromatic N) is 1. The molecule has 1 nitrogen and oxygen atoms in total. The van der Waals surface area contributed by atoms with Crippen molar-refractivity contribution in [3.8, 4) is 11.3 Å². The van der Waals surface area contributed by atoms with Crippen LogP contribution in [0.1, 0.15) is 31.9 Å². The summed E-state index contributed by atoms with van der Waals surface area (Å²) in [7, 11) is -1.36. The number of rotatable bonds is 2. The molecule has 0 aliphatic carbocycles. The number of aryl methyl sites for hydroxylation is 1. The third-order valence-electron chi connectivity index (χ3n) is 6.56. The topological polar surface area (TPSA) is 12.9 Å². The Hall–Kier alpha value is -1.92. The molecule has 0 spiro atoms. The third-order valence-corrected chi connectivity index (χ3v) is 12.6. The van der Waals surface area contributed by atoms with E-state index in [-0.39, 0.29) is 5.41 Å². The van der Waals surface area contributed by atoms with E-state index in [0.717, 1.165) is 0 Å². The first-order chi connectivity index (χ1) is 15.1. The average Bonchev–Trinajstić information content (AvgIpc) is 3.11. The van der Waals surface area contributed by atoms with E-state index in [2.05, 4.69) is 102 Å². The molecule has 5 rings (SSSR count). The van der Waals surface area contributed by atoms with Gasteiger partial charge in [-0.1, -0.05) is 0 Å². The van der Waals surface area contributed by atoms with Crippen LogP contribution in [0.2, 0.25) is 19.6 Å². The summed E-state index contributed by atoms with van der Waals surface area (Å²) in [4.78, 5) is 4.98. The van der Waals surface area contributed by atoms with Crippen molar-refractivity contribution in [2.24, 2.45) is 0 Å². The van der Waals surface area contributed by atoms with E-state index in [0.29, 0.717) is 0 Å². The Morgan fingerprint density at radius 1 is 0.812 bits per heavy atom. The van der Waals surface area contributed by atoms with Crippen LogP contribution in [-0.2, 0) is 5.41 Å². The minimum absolute atomic E-state index is 0.0794. The summed E-state index contributed by atoms with van der Waals surface area (Å²) in [6.45, 7) is 16.7. The van der Waals surface area contributed by atoms with Gasteiger partial charge in [-0.15, -0.1) is 0 Å². The second-order valence-corrected chi connectivity index (χ2v) is 18.9. The number of aromatic nitrogens is 1. The van der Waals surface area contributed by atoms with E-state index in [4.69, 9.17) is 4.98 Å². The van der Waals surface area contributed by atoms with Crippen molar-refractivity contribution in [1.82, 2.24) is 4.98 Å². The van der Waals surface area contributed by atoms with Gasteiger partial charge in [0, 0.05) is 0 Å². The summed E-state index contributed by atoms with van der Waals surface area (Å²) < 4.78 is 3.15. The van der Waals surface area contributed by atoms with Gasteiger partial charge in [0.2, 0.25) is 0 Å². The molecule has 0 saturated heterocycles. The minimum atomic E-state index is -1.36. The Labute approximate surface area is 202 Å². The quantitative estimate of drug-likeness (QED) is 0.209. The van der Waals surface area contributed by atoms with Crippen LogP contribution < -0.4 is 5.19 Å². The number of fused-ring (bicyclic) bond motifs is 4. The fraction of sp³-hybridized carbons (Fsp3) is 0.276. The van der Waals surface area contributed by atoms with E-state index < -0.39 is 28.5 Å². The first-order valence-electron chi connectivity index (χ1n) is 11.4. The van der Waals surface area contributed by atoms with Gasteiger partial charge in [-0.2, -0.15) is 0 Å². The molecule has 3 heteroatoms. The van der Waals surface area contributed by atoms with Gasteiger partial charge < -0.3 is 0 Å². The van der Waals surface area contributed by atoms with Gasteiger partial charge in [0.25, 0.3) is 0 Å². The van der Waals surface area contributed by atoms with Gasteiger partial charge in [-0.25, -0.2) is 0 Å². The summed E-state index contributed by atoms with van der Waals surface area (Å²) in [5.74, 6) is 0. The van der Waals surface area contributed by atoms with E-state index in [9.17, 15) is 0 Å². The third kappa shape index (κ3) is 3.56. The number of hydrogen-bond donors (Lipinski definition) is 0. The van der Waals surface area contributed by atoms with Crippen LogP contribution in [0.3, 0.4) is 0 Å². The molecular weight excluding hydrogens is 518 g/mol. The maximum atomic E-state index is 4.98. The molecule has 2 aromatic heterocycles. The average molecular weight is 549 g/mol. The van der Waals surface area contributed by atoms with Crippen molar-refractivity contribution >= 4 is 62.0 Å². The molecule has 0 N–H and O–H groups in total. The second-order valence-electron chi connectivity index (χ2n) is 11.0. The molecule has 2 heterocycles. The molecule has 0 unspecified atom stereocenters. The summed E-state index contributed by atoms with van der Waals surface area (Å²) in [5.41, 5.74) is 5.51. The first kappa shape index (κ1) is 21.9. The number of hydrogen-bond acceptors (Lipinski definition) is 1. The summed E-state index contributed by atoms with van der Waals surface area (Å²) in [6.07, 6.45) is 2.02. The van der Waals surface area contributed by atoms with E-state index in [1.54, 1.807) is 14.2 Å². The van der Waals surface area contributed by atoms with E-state index in [1.807, 2.05) is 6.20 Å². The Bertz CT molecular complexity index is 1500. The molecule has 32 heavy (non-hydrogen) atoms. The van der Waals surface area contributed by atoms with Crippen LogP contribution in [0.5, 0.6) is 0 Å². The normalized spacial score (nSPS) is 12.8. The standard InChI is InChI=1S/C29H31NSiTe/c1-18-25(31(5,6)7)13-12-22-23-14-15-30-26(28(23)32-27(18)22)20-16-19-10-8-9-11-21(19)24(17-20)29(2,3)4/h8-17H,1-7H3. The monoisotopic (exact) mass is 551 g/mol. The zero-order chi connectivity index (χ0) is 22.8. The fourth-order valence-corrected chi connectivity index (χ4v) is 10.8. The van der Waals surface area contributed by atoms with Gasteiger partial charge in [0.1, 0.15) is 0 Å². The summed E-state index contributed by atoms with van der Waals surface area (Å²) in [6, 6.07) is 20.6. The molecule has 0 bridgehead atoms. The molecule has 0 fully saturated rings. The van der Waals surface area contributed by atoms with Crippen molar-refractivity contribution in [2.75, 3.05) is 0 Å². The number of pyridine rings is 1. The Balaban J connectivity index is 1.83. The van der Waals surface area contributed by atoms with Crippen LogP contribution in [0.15, 0.2) is 60.8 Å². The molecular formula is C29H31NSiTe. The van der Waals surface area contributed by atoms with Gasteiger partial charge in [0.15, 0.2) is 0 Å². The zero-order valence-corrected chi connectivity index (χ0v) is 23.5. The van der Waals surface area contributed by atoms with Crippen molar-refractivity contribution in [1.29, 1.82) is 0 Å². The van der Waals surface area contributed by atoms with Crippen molar-refractivity contribution in [2.45, 2.75) is 52.8 Å². The Morgan fingerprint density at radius 2 is 1.53 bits per heavy atom. The van der Waals surface area contributed by atoms with Crippen LogP contribution in [0.25, 0.3) is 39.6 Å².